The van der Waals surface area contributed by atoms with Crippen molar-refractivity contribution in [3.63, 3.8) is 0 Å². The van der Waals surface area contributed by atoms with Crippen molar-refractivity contribution in [2.75, 3.05) is 32.1 Å². The molecule has 0 aliphatic heterocycles. The third-order valence-corrected chi connectivity index (χ3v) is 2.42. The van der Waals surface area contributed by atoms with E-state index in [4.69, 9.17) is 4.74 Å². The van der Waals surface area contributed by atoms with Crippen LogP contribution < -0.4 is 10.1 Å². The fourth-order valence-electron chi connectivity index (χ4n) is 1.31. The summed E-state index contributed by atoms with van der Waals surface area (Å²) in [5, 5.41) is 2.91. The van der Waals surface area contributed by atoms with Crippen LogP contribution in [0.4, 0.5) is 5.95 Å². The van der Waals surface area contributed by atoms with Crippen molar-refractivity contribution in [1.82, 2.24) is 14.9 Å². The van der Waals surface area contributed by atoms with E-state index in [-0.39, 0.29) is 12.5 Å². The number of nitrogens with zero attached hydrogens (tertiary/aromatic N) is 3. The number of anilines is 1. The lowest BCUT2D eigenvalue weighted by atomic mass is 10.4. The Kier molecular flexibility index (Phi) is 5.35. The van der Waals surface area contributed by atoms with Crippen LogP contribution in [0, 0.1) is 6.92 Å². The molecule has 6 heteroatoms. The van der Waals surface area contributed by atoms with E-state index in [0.717, 1.165) is 5.69 Å². The maximum absolute atomic E-state index is 11.6. The van der Waals surface area contributed by atoms with Gasteiger partial charge >= 0.3 is 0 Å². The van der Waals surface area contributed by atoms with Gasteiger partial charge in [-0.05, 0) is 20.8 Å². The SMILES string of the molecule is CCOc1cc(C)nc(NCC(=O)N(C)CC)n1. The number of nitrogens with one attached hydrogen (secondary N) is 1. The van der Waals surface area contributed by atoms with Gasteiger partial charge in [0.25, 0.3) is 0 Å². The lowest BCUT2D eigenvalue weighted by Gasteiger charge is -2.15. The molecule has 0 aromatic carbocycles. The smallest absolute Gasteiger partial charge is 0.241 e. The minimum atomic E-state index is 0.000524. The van der Waals surface area contributed by atoms with Gasteiger partial charge in [0, 0.05) is 25.4 Å². The quantitative estimate of drug-likeness (QED) is 0.820. The van der Waals surface area contributed by atoms with Gasteiger partial charge in [-0.1, -0.05) is 0 Å². The van der Waals surface area contributed by atoms with Gasteiger partial charge in [-0.2, -0.15) is 4.98 Å². The summed E-state index contributed by atoms with van der Waals surface area (Å²) in [6.45, 7) is 7.08. The molecule has 1 heterocycles. The fraction of sp³-hybridized carbons (Fsp3) is 0.583. The molecule has 0 unspecified atom stereocenters. The molecule has 0 saturated carbocycles. The normalized spacial score (nSPS) is 10.0. The van der Waals surface area contributed by atoms with Crippen LogP contribution in [0.15, 0.2) is 6.07 Å². The highest BCUT2D eigenvalue weighted by molar-refractivity contribution is 5.80. The first kappa shape index (κ1) is 14.2. The zero-order valence-corrected chi connectivity index (χ0v) is 11.4. The summed E-state index contributed by atoms with van der Waals surface area (Å²) in [5.41, 5.74) is 0.798. The first-order valence-corrected chi connectivity index (χ1v) is 6.03. The average Bonchev–Trinajstić information content (AvgIpc) is 2.34. The number of hydrogen-bond donors (Lipinski definition) is 1. The van der Waals surface area contributed by atoms with Gasteiger partial charge in [-0.25, -0.2) is 4.98 Å². The molecule has 100 valence electrons. The number of likely N-dealkylation sites (N-methyl/N-ethyl adjacent to an activating group) is 1. The largest absolute Gasteiger partial charge is 0.478 e. The van der Waals surface area contributed by atoms with Crippen molar-refractivity contribution in [3.8, 4) is 5.88 Å². The van der Waals surface area contributed by atoms with E-state index in [9.17, 15) is 4.79 Å². The molecule has 1 aromatic rings. The molecule has 1 N–H and O–H groups in total. The van der Waals surface area contributed by atoms with E-state index in [2.05, 4.69) is 15.3 Å². The van der Waals surface area contributed by atoms with Crippen molar-refractivity contribution >= 4 is 11.9 Å². The predicted molar refractivity (Wildman–Crippen MR) is 69.7 cm³/mol. The van der Waals surface area contributed by atoms with Crippen LogP contribution in [0.25, 0.3) is 0 Å². The van der Waals surface area contributed by atoms with E-state index >= 15 is 0 Å². The maximum atomic E-state index is 11.6. The molecule has 1 amide bonds. The summed E-state index contributed by atoms with van der Waals surface area (Å²) in [5.74, 6) is 0.931. The highest BCUT2D eigenvalue weighted by Crippen LogP contribution is 2.11. The van der Waals surface area contributed by atoms with E-state index in [1.54, 1.807) is 18.0 Å². The Morgan fingerprint density at radius 2 is 2.17 bits per heavy atom. The number of hydrogen-bond acceptors (Lipinski definition) is 5. The molecule has 0 bridgehead atoms. The first-order chi connectivity index (χ1) is 8.56. The number of carbonyl (C=O) groups is 1. The van der Waals surface area contributed by atoms with E-state index in [1.165, 1.54) is 0 Å². The third-order valence-electron chi connectivity index (χ3n) is 2.42. The maximum Gasteiger partial charge on any atom is 0.241 e. The molecule has 0 radical (unpaired) electrons. The Balaban J connectivity index is 2.64. The van der Waals surface area contributed by atoms with E-state index in [0.29, 0.717) is 25.0 Å². The van der Waals surface area contributed by atoms with Crippen LogP contribution in [-0.2, 0) is 4.79 Å². The highest BCUT2D eigenvalue weighted by atomic mass is 16.5. The van der Waals surface area contributed by atoms with E-state index < -0.39 is 0 Å². The molecule has 18 heavy (non-hydrogen) atoms. The summed E-state index contributed by atoms with van der Waals surface area (Å²) in [6, 6.07) is 1.76. The Labute approximate surface area is 107 Å². The van der Waals surface area contributed by atoms with Crippen molar-refractivity contribution in [2.45, 2.75) is 20.8 Å². The third kappa shape index (κ3) is 4.20. The Bertz CT molecular complexity index is 409. The number of ether oxygens (including phenoxy) is 1. The molecule has 0 spiro atoms. The second-order valence-electron chi connectivity index (χ2n) is 3.87. The van der Waals surface area contributed by atoms with Crippen molar-refractivity contribution < 1.29 is 9.53 Å². The number of carbonyl (C=O) groups excluding carboxylic acids is 1. The topological polar surface area (TPSA) is 67.3 Å². The molecule has 0 saturated heterocycles. The standard InChI is InChI=1S/C12H20N4O2/c1-5-16(4)11(17)8-13-12-14-9(3)7-10(15-12)18-6-2/h7H,5-6,8H2,1-4H3,(H,13,14,15). The highest BCUT2D eigenvalue weighted by Gasteiger charge is 2.08. The average molecular weight is 252 g/mol. The lowest BCUT2D eigenvalue weighted by Crippen LogP contribution is -2.32. The van der Waals surface area contributed by atoms with Gasteiger partial charge in [0.05, 0.1) is 13.2 Å². The molecule has 0 aliphatic carbocycles. The van der Waals surface area contributed by atoms with Gasteiger partial charge in [-0.15, -0.1) is 0 Å². The van der Waals surface area contributed by atoms with Gasteiger partial charge < -0.3 is 15.0 Å². The summed E-state index contributed by atoms with van der Waals surface area (Å²) in [7, 11) is 1.76. The van der Waals surface area contributed by atoms with Crippen LogP contribution in [0.5, 0.6) is 5.88 Å². The number of rotatable bonds is 6. The second kappa shape index (κ2) is 6.78. The molecule has 1 rings (SSSR count). The minimum Gasteiger partial charge on any atom is -0.478 e. The van der Waals surface area contributed by atoms with Gasteiger partial charge in [0.1, 0.15) is 0 Å². The van der Waals surface area contributed by atoms with Crippen LogP contribution >= 0.6 is 0 Å². The van der Waals surface area contributed by atoms with Gasteiger partial charge in [0.2, 0.25) is 17.7 Å². The van der Waals surface area contributed by atoms with E-state index in [1.807, 2.05) is 20.8 Å². The fourth-order valence-corrected chi connectivity index (χ4v) is 1.31. The molecular weight excluding hydrogens is 232 g/mol. The van der Waals surface area contributed by atoms with Crippen LogP contribution in [-0.4, -0.2) is 47.5 Å². The second-order valence-corrected chi connectivity index (χ2v) is 3.87. The number of amides is 1. The van der Waals surface area contributed by atoms with Gasteiger partial charge in [0.15, 0.2) is 0 Å². The van der Waals surface area contributed by atoms with Crippen molar-refractivity contribution in [1.29, 1.82) is 0 Å². The summed E-state index contributed by atoms with van der Waals surface area (Å²) >= 11 is 0. The Morgan fingerprint density at radius 1 is 1.44 bits per heavy atom. The van der Waals surface area contributed by atoms with Crippen LogP contribution in [0.2, 0.25) is 0 Å². The van der Waals surface area contributed by atoms with Crippen molar-refractivity contribution in [3.05, 3.63) is 11.8 Å². The van der Waals surface area contributed by atoms with Crippen LogP contribution in [0.3, 0.4) is 0 Å². The lowest BCUT2D eigenvalue weighted by molar-refractivity contribution is -0.127. The molecule has 0 fully saturated rings. The molecular formula is C12H20N4O2. The minimum absolute atomic E-state index is 0.000524. The predicted octanol–water partition coefficient (Wildman–Crippen LogP) is 1.07. The van der Waals surface area contributed by atoms with Gasteiger partial charge in [-0.3, -0.25) is 4.79 Å². The summed E-state index contributed by atoms with van der Waals surface area (Å²) < 4.78 is 5.32. The molecule has 0 aliphatic rings. The Hall–Kier alpha value is -1.85. The first-order valence-electron chi connectivity index (χ1n) is 6.03. The molecule has 1 aromatic heterocycles. The number of aryl methyl sites for hydroxylation is 1. The molecule has 6 nitrogen and oxygen atoms in total. The van der Waals surface area contributed by atoms with Crippen molar-refractivity contribution in [2.24, 2.45) is 0 Å². The zero-order chi connectivity index (χ0) is 13.5. The number of aromatic nitrogens is 2. The summed E-state index contributed by atoms with van der Waals surface area (Å²) in [4.78, 5) is 21.6. The van der Waals surface area contributed by atoms with Crippen LogP contribution in [0.1, 0.15) is 19.5 Å². The monoisotopic (exact) mass is 252 g/mol. The molecule has 0 atom stereocenters. The Morgan fingerprint density at radius 3 is 2.78 bits per heavy atom. The summed E-state index contributed by atoms with van der Waals surface area (Å²) in [6.07, 6.45) is 0. The zero-order valence-electron chi connectivity index (χ0n) is 11.4.